The topological polar surface area (TPSA) is 47.6 Å². The van der Waals surface area contributed by atoms with Crippen LogP contribution in [0.1, 0.15) is 52.9 Å². The van der Waals surface area contributed by atoms with Gasteiger partial charge in [-0.2, -0.15) is 0 Å². The van der Waals surface area contributed by atoms with Gasteiger partial charge >= 0.3 is 6.09 Å². The van der Waals surface area contributed by atoms with Crippen LogP contribution in [0.25, 0.3) is 0 Å². The smallest absolute Gasteiger partial charge is 0.407 e. The Bertz CT molecular complexity index is 537. The molecule has 0 aromatic carbocycles. The third-order valence-corrected chi connectivity index (χ3v) is 6.92. The van der Waals surface area contributed by atoms with Crippen LogP contribution in [-0.4, -0.2) is 31.5 Å². The minimum Gasteiger partial charge on any atom is -0.449 e. The van der Waals surface area contributed by atoms with Crippen molar-refractivity contribution in [1.82, 2.24) is 5.32 Å². The molecule has 0 radical (unpaired) electrons. The lowest BCUT2D eigenvalue weighted by atomic mass is 9.56. The Labute approximate surface area is 152 Å². The summed E-state index contributed by atoms with van der Waals surface area (Å²) in [5.74, 6) is 1.05. The maximum atomic E-state index is 12.3. The summed E-state index contributed by atoms with van der Waals surface area (Å²) in [7, 11) is 0. The highest BCUT2D eigenvalue weighted by atomic mass is 16.6. The Morgan fingerprint density at radius 1 is 1.40 bits per heavy atom. The highest BCUT2D eigenvalue weighted by Crippen LogP contribution is 2.52. The van der Waals surface area contributed by atoms with E-state index in [-0.39, 0.29) is 23.7 Å². The monoisotopic (exact) mass is 347 g/mol. The number of ether oxygens (including phenoxy) is 2. The predicted molar refractivity (Wildman–Crippen MR) is 99.3 cm³/mol. The maximum Gasteiger partial charge on any atom is 0.407 e. The predicted octanol–water partition coefficient (Wildman–Crippen LogP) is 4.46. The Kier molecular flexibility index (Phi) is 5.57. The molecule has 3 aliphatic rings. The van der Waals surface area contributed by atoms with E-state index in [2.05, 4.69) is 38.7 Å². The summed E-state index contributed by atoms with van der Waals surface area (Å²) in [6, 6.07) is 0.280. The lowest BCUT2D eigenvalue weighted by Gasteiger charge is -2.54. The zero-order chi connectivity index (χ0) is 18.0. The summed E-state index contributed by atoms with van der Waals surface area (Å²) in [6.07, 6.45) is 9.86. The molecule has 4 heteroatoms. The number of alkyl carbamates (subject to hydrolysis) is 1. The summed E-state index contributed by atoms with van der Waals surface area (Å²) >= 11 is 0. The van der Waals surface area contributed by atoms with Crippen LogP contribution in [0.3, 0.4) is 0 Å². The maximum absolute atomic E-state index is 12.3. The van der Waals surface area contributed by atoms with Gasteiger partial charge < -0.3 is 14.8 Å². The second-order valence-corrected chi connectivity index (χ2v) is 8.31. The minimum absolute atomic E-state index is 0.0583. The standard InChI is InChI=1S/C21H33NO3/c1-5-18-19-14(2)11-15(3)21(12-24-18,16(19)4)13-25-20(23)22-17-9-7-6-8-10-17/h5,11,15-19H,1,6-10,12-13H2,2-4H3,(H,22,23). The number of carbonyl (C=O) groups excluding carboxylic acids is 1. The van der Waals surface area contributed by atoms with Gasteiger partial charge in [0.15, 0.2) is 0 Å². The van der Waals surface area contributed by atoms with Gasteiger partial charge in [-0.3, -0.25) is 0 Å². The van der Waals surface area contributed by atoms with Gasteiger partial charge in [0.1, 0.15) is 6.61 Å². The van der Waals surface area contributed by atoms with Gasteiger partial charge in [-0.25, -0.2) is 4.79 Å². The van der Waals surface area contributed by atoms with Crippen LogP contribution in [0, 0.1) is 23.2 Å². The molecule has 1 saturated heterocycles. The molecule has 0 aromatic heterocycles. The van der Waals surface area contributed by atoms with E-state index in [4.69, 9.17) is 9.47 Å². The fraction of sp³-hybridized carbons (Fsp3) is 0.762. The van der Waals surface area contributed by atoms with Crippen LogP contribution in [0.5, 0.6) is 0 Å². The fourth-order valence-electron chi connectivity index (χ4n) is 5.17. The van der Waals surface area contributed by atoms with Gasteiger partial charge in [0.25, 0.3) is 0 Å². The van der Waals surface area contributed by atoms with E-state index in [1.54, 1.807) is 0 Å². The first-order chi connectivity index (χ1) is 12.0. The van der Waals surface area contributed by atoms with Crippen molar-refractivity contribution in [3.63, 3.8) is 0 Å². The molecular weight excluding hydrogens is 314 g/mol. The van der Waals surface area contributed by atoms with Gasteiger partial charge in [0.2, 0.25) is 0 Å². The quantitative estimate of drug-likeness (QED) is 0.764. The van der Waals surface area contributed by atoms with Crippen molar-refractivity contribution in [1.29, 1.82) is 0 Å². The van der Waals surface area contributed by atoms with Gasteiger partial charge in [0.05, 0.1) is 12.7 Å². The third-order valence-electron chi connectivity index (χ3n) is 6.92. The van der Waals surface area contributed by atoms with E-state index in [1.165, 1.54) is 24.8 Å². The fourth-order valence-corrected chi connectivity index (χ4v) is 5.17. The normalized spacial score (nSPS) is 38.6. The van der Waals surface area contributed by atoms with E-state index >= 15 is 0 Å². The van der Waals surface area contributed by atoms with E-state index in [0.717, 1.165) is 12.8 Å². The first-order valence-corrected chi connectivity index (χ1v) is 9.83. The summed E-state index contributed by atoms with van der Waals surface area (Å²) < 4.78 is 11.8. The van der Waals surface area contributed by atoms with Crippen molar-refractivity contribution >= 4 is 6.09 Å². The molecule has 25 heavy (non-hydrogen) atoms. The molecule has 3 rings (SSSR count). The van der Waals surface area contributed by atoms with Crippen molar-refractivity contribution in [3.8, 4) is 0 Å². The highest BCUT2D eigenvalue weighted by molar-refractivity contribution is 5.67. The summed E-state index contributed by atoms with van der Waals surface area (Å²) in [5.41, 5.74) is 1.22. The second-order valence-electron chi connectivity index (χ2n) is 8.31. The first kappa shape index (κ1) is 18.5. The molecule has 0 aromatic rings. The molecule has 1 saturated carbocycles. The van der Waals surface area contributed by atoms with Crippen molar-refractivity contribution in [3.05, 3.63) is 24.3 Å². The zero-order valence-corrected chi connectivity index (χ0v) is 15.9. The van der Waals surface area contributed by atoms with Crippen molar-refractivity contribution in [2.24, 2.45) is 23.2 Å². The molecule has 1 N–H and O–H groups in total. The van der Waals surface area contributed by atoms with E-state index in [0.29, 0.717) is 31.0 Å². The molecule has 2 fully saturated rings. The van der Waals surface area contributed by atoms with Crippen LogP contribution in [0.2, 0.25) is 0 Å². The van der Waals surface area contributed by atoms with Crippen LogP contribution in [-0.2, 0) is 9.47 Å². The third kappa shape index (κ3) is 3.51. The van der Waals surface area contributed by atoms with Crippen LogP contribution >= 0.6 is 0 Å². The van der Waals surface area contributed by atoms with E-state index in [9.17, 15) is 4.79 Å². The summed E-state index contributed by atoms with van der Waals surface area (Å²) in [5, 5.41) is 3.05. The SMILES string of the molecule is C=CC1OCC2(COC(=O)NC3CCCCC3)C(C)C=C(C)C1C2C. The lowest BCUT2D eigenvalue weighted by Crippen LogP contribution is -2.56. The summed E-state index contributed by atoms with van der Waals surface area (Å²) in [6.45, 7) is 11.6. The number of hydrogen-bond acceptors (Lipinski definition) is 3. The number of amides is 1. The Hall–Kier alpha value is -1.29. The molecular formula is C21H33NO3. The number of allylic oxidation sites excluding steroid dienone is 1. The second kappa shape index (κ2) is 7.53. The molecule has 1 amide bonds. The highest BCUT2D eigenvalue weighted by Gasteiger charge is 2.53. The number of fused-ring (bicyclic) bond motifs is 2. The van der Waals surface area contributed by atoms with Crippen molar-refractivity contribution in [2.45, 2.75) is 65.0 Å². The van der Waals surface area contributed by atoms with E-state index in [1.807, 2.05) is 6.08 Å². The number of carbonyl (C=O) groups is 1. The van der Waals surface area contributed by atoms with Gasteiger partial charge in [-0.15, -0.1) is 6.58 Å². The average molecular weight is 347 g/mol. The average Bonchev–Trinajstić information content (AvgIpc) is 2.59. The number of hydrogen-bond donors (Lipinski definition) is 1. The molecule has 1 heterocycles. The Morgan fingerprint density at radius 3 is 2.80 bits per heavy atom. The molecule has 140 valence electrons. The molecule has 5 atom stereocenters. The Morgan fingerprint density at radius 2 is 2.12 bits per heavy atom. The van der Waals surface area contributed by atoms with Gasteiger partial charge in [0, 0.05) is 17.4 Å². The van der Waals surface area contributed by atoms with Crippen LogP contribution in [0.15, 0.2) is 24.3 Å². The first-order valence-electron chi connectivity index (χ1n) is 9.83. The van der Waals surface area contributed by atoms with Crippen molar-refractivity contribution in [2.75, 3.05) is 13.2 Å². The van der Waals surface area contributed by atoms with E-state index < -0.39 is 0 Å². The minimum atomic E-state index is -0.269. The van der Waals surface area contributed by atoms with Gasteiger partial charge in [-0.1, -0.05) is 50.8 Å². The Balaban J connectivity index is 1.66. The zero-order valence-electron chi connectivity index (χ0n) is 15.9. The van der Waals surface area contributed by atoms with Crippen LogP contribution in [0.4, 0.5) is 4.79 Å². The summed E-state index contributed by atoms with van der Waals surface area (Å²) in [4.78, 5) is 12.3. The molecule has 1 aliphatic heterocycles. The molecule has 0 spiro atoms. The largest absolute Gasteiger partial charge is 0.449 e. The lowest BCUT2D eigenvalue weighted by molar-refractivity contribution is -0.149. The number of rotatable bonds is 4. The molecule has 4 nitrogen and oxygen atoms in total. The molecule has 5 unspecified atom stereocenters. The van der Waals surface area contributed by atoms with Gasteiger partial charge in [-0.05, 0) is 31.6 Å². The molecule has 2 bridgehead atoms. The van der Waals surface area contributed by atoms with Crippen LogP contribution < -0.4 is 5.32 Å². The molecule has 2 aliphatic carbocycles. The number of nitrogens with one attached hydrogen (secondary N) is 1. The van der Waals surface area contributed by atoms with Crippen molar-refractivity contribution < 1.29 is 14.3 Å².